The number of anilines is 1. The molecule has 1 N–H and O–H groups in total. The van der Waals surface area contributed by atoms with E-state index in [9.17, 15) is 20.2 Å². The molecule has 8 nitrogen and oxygen atoms in total. The number of nitrogens with one attached hydrogen (secondary N) is 1. The van der Waals surface area contributed by atoms with Crippen LogP contribution in [0.25, 0.3) is 16.8 Å². The van der Waals surface area contributed by atoms with Crippen molar-refractivity contribution in [2.24, 2.45) is 0 Å². The van der Waals surface area contributed by atoms with Gasteiger partial charge in [-0.1, -0.05) is 42.5 Å². The highest BCUT2D eigenvalue weighted by molar-refractivity contribution is 6.11. The molecule has 0 bridgehead atoms. The lowest BCUT2D eigenvalue weighted by Gasteiger charge is -2.19. The summed E-state index contributed by atoms with van der Waals surface area (Å²) in [5, 5.41) is 25.3. The first-order valence-electron chi connectivity index (χ1n) is 9.06. The van der Waals surface area contributed by atoms with Gasteiger partial charge in [0, 0.05) is 6.07 Å². The second-order valence-electron chi connectivity index (χ2n) is 6.46. The maximum absolute atomic E-state index is 12.7. The fourth-order valence-electron chi connectivity index (χ4n) is 3.20. The fraction of sp³-hybridized carbons (Fsp3) is 0.0909. The summed E-state index contributed by atoms with van der Waals surface area (Å²) in [5.41, 5.74) is 0.0791. The SMILES string of the molecule is N#CC(=Cc1cccc2ccccc12)C(=O)Nc1cc2c(cc1[N+](=O)[O-])OCCO2. The summed E-state index contributed by atoms with van der Waals surface area (Å²) in [6, 6.07) is 17.5. The predicted molar refractivity (Wildman–Crippen MR) is 110 cm³/mol. The minimum Gasteiger partial charge on any atom is -0.486 e. The quantitative estimate of drug-likeness (QED) is 0.305. The zero-order chi connectivity index (χ0) is 21.1. The molecule has 0 radical (unpaired) electrons. The van der Waals surface area contributed by atoms with E-state index in [0.29, 0.717) is 17.9 Å². The molecule has 0 aliphatic carbocycles. The number of nitro benzene ring substituents is 1. The molecule has 0 fully saturated rings. The van der Waals surface area contributed by atoms with Crippen LogP contribution < -0.4 is 14.8 Å². The Balaban J connectivity index is 1.69. The maximum Gasteiger partial charge on any atom is 0.296 e. The minimum absolute atomic E-state index is 0.0756. The number of nitrogens with zero attached hydrogens (tertiary/aromatic N) is 2. The lowest BCUT2D eigenvalue weighted by molar-refractivity contribution is -0.384. The lowest BCUT2D eigenvalue weighted by atomic mass is 10.0. The standard InChI is InChI=1S/C22H15N3O5/c23-13-16(10-15-6-3-5-14-4-1-2-7-17(14)15)22(26)24-18-11-20-21(30-9-8-29-20)12-19(18)25(27)28/h1-7,10-12H,8-9H2,(H,24,26). The molecule has 0 atom stereocenters. The van der Waals surface area contributed by atoms with Crippen molar-refractivity contribution in [3.05, 3.63) is 75.8 Å². The molecule has 8 heteroatoms. The van der Waals surface area contributed by atoms with Crippen LogP contribution in [0.5, 0.6) is 11.5 Å². The number of fused-ring (bicyclic) bond motifs is 2. The summed E-state index contributed by atoms with van der Waals surface area (Å²) < 4.78 is 10.8. The number of amides is 1. The van der Waals surface area contributed by atoms with Crippen molar-refractivity contribution in [3.8, 4) is 17.6 Å². The summed E-state index contributed by atoms with van der Waals surface area (Å²) in [6.07, 6.45) is 1.46. The Kier molecular flexibility index (Phi) is 5.01. The van der Waals surface area contributed by atoms with Gasteiger partial charge in [-0.3, -0.25) is 14.9 Å². The van der Waals surface area contributed by atoms with Crippen LogP contribution in [-0.2, 0) is 4.79 Å². The maximum atomic E-state index is 12.7. The normalized spacial score (nSPS) is 12.8. The van der Waals surface area contributed by atoms with E-state index in [-0.39, 0.29) is 29.3 Å². The number of benzene rings is 3. The van der Waals surface area contributed by atoms with E-state index in [2.05, 4.69) is 5.32 Å². The van der Waals surface area contributed by atoms with Crippen LogP contribution in [0.1, 0.15) is 5.56 Å². The first-order chi connectivity index (χ1) is 14.6. The van der Waals surface area contributed by atoms with Crippen molar-refractivity contribution in [1.29, 1.82) is 5.26 Å². The number of rotatable bonds is 4. The monoisotopic (exact) mass is 401 g/mol. The number of ether oxygens (including phenoxy) is 2. The first kappa shape index (κ1) is 19.0. The third kappa shape index (κ3) is 3.64. The van der Waals surface area contributed by atoms with Gasteiger partial charge in [0.05, 0.1) is 11.0 Å². The number of carbonyl (C=O) groups excluding carboxylic acids is 1. The molecule has 1 amide bonds. The Hall–Kier alpha value is -4.38. The van der Waals surface area contributed by atoms with Gasteiger partial charge < -0.3 is 14.8 Å². The van der Waals surface area contributed by atoms with Gasteiger partial charge >= 0.3 is 0 Å². The molecular formula is C22H15N3O5. The van der Waals surface area contributed by atoms with Crippen LogP contribution in [0.15, 0.2) is 60.2 Å². The van der Waals surface area contributed by atoms with Crippen LogP contribution in [0, 0.1) is 21.4 Å². The summed E-state index contributed by atoms with van der Waals surface area (Å²) in [4.78, 5) is 23.5. The smallest absolute Gasteiger partial charge is 0.296 e. The zero-order valence-corrected chi connectivity index (χ0v) is 15.6. The van der Waals surface area contributed by atoms with Gasteiger partial charge in [-0.2, -0.15) is 5.26 Å². The number of carbonyl (C=O) groups is 1. The van der Waals surface area contributed by atoms with Gasteiger partial charge in [0.15, 0.2) is 11.5 Å². The van der Waals surface area contributed by atoms with Gasteiger partial charge in [0.2, 0.25) is 0 Å². The van der Waals surface area contributed by atoms with Gasteiger partial charge in [-0.25, -0.2) is 0 Å². The van der Waals surface area contributed by atoms with Gasteiger partial charge in [-0.05, 0) is 22.4 Å². The number of nitriles is 1. The van der Waals surface area contributed by atoms with E-state index < -0.39 is 10.8 Å². The Morgan fingerprint density at radius 1 is 1.10 bits per heavy atom. The largest absolute Gasteiger partial charge is 0.486 e. The second kappa shape index (κ2) is 7.93. The Labute approximate surface area is 171 Å². The van der Waals surface area contributed by atoms with E-state index >= 15 is 0 Å². The summed E-state index contributed by atoms with van der Waals surface area (Å²) >= 11 is 0. The highest BCUT2D eigenvalue weighted by atomic mass is 16.6. The molecule has 1 heterocycles. The van der Waals surface area contributed by atoms with E-state index in [0.717, 1.165) is 10.8 Å². The van der Waals surface area contributed by atoms with Crippen LogP contribution in [0.4, 0.5) is 11.4 Å². The van der Waals surface area contributed by atoms with Gasteiger partial charge in [-0.15, -0.1) is 0 Å². The highest BCUT2D eigenvalue weighted by Crippen LogP contribution is 2.39. The Morgan fingerprint density at radius 2 is 1.80 bits per heavy atom. The molecule has 4 rings (SSSR count). The number of hydrogen-bond donors (Lipinski definition) is 1. The molecule has 0 saturated carbocycles. The van der Waals surface area contributed by atoms with Crippen molar-refractivity contribution in [1.82, 2.24) is 0 Å². The van der Waals surface area contributed by atoms with Crippen LogP contribution in [0.3, 0.4) is 0 Å². The highest BCUT2D eigenvalue weighted by Gasteiger charge is 2.24. The molecule has 30 heavy (non-hydrogen) atoms. The number of hydrogen-bond acceptors (Lipinski definition) is 6. The van der Waals surface area contributed by atoms with E-state index in [1.54, 1.807) is 6.07 Å². The van der Waals surface area contributed by atoms with Crippen molar-refractivity contribution in [2.75, 3.05) is 18.5 Å². The molecular weight excluding hydrogens is 386 g/mol. The van der Waals surface area contributed by atoms with Crippen molar-refractivity contribution in [2.45, 2.75) is 0 Å². The Morgan fingerprint density at radius 3 is 2.53 bits per heavy atom. The zero-order valence-electron chi connectivity index (χ0n) is 15.6. The molecule has 1 aliphatic heterocycles. The van der Waals surface area contributed by atoms with E-state index in [4.69, 9.17) is 9.47 Å². The summed E-state index contributed by atoms with van der Waals surface area (Å²) in [6.45, 7) is 0.574. The van der Waals surface area contributed by atoms with Crippen molar-refractivity contribution in [3.63, 3.8) is 0 Å². The van der Waals surface area contributed by atoms with Crippen molar-refractivity contribution >= 4 is 34.1 Å². The molecule has 3 aromatic rings. The van der Waals surface area contributed by atoms with E-state index in [1.807, 2.05) is 42.5 Å². The average molecular weight is 401 g/mol. The van der Waals surface area contributed by atoms with Crippen LogP contribution in [-0.4, -0.2) is 24.0 Å². The van der Waals surface area contributed by atoms with Crippen molar-refractivity contribution < 1.29 is 19.2 Å². The third-order valence-electron chi connectivity index (χ3n) is 4.59. The third-order valence-corrected chi connectivity index (χ3v) is 4.59. The molecule has 1 aliphatic rings. The van der Waals surface area contributed by atoms with Crippen LogP contribution >= 0.6 is 0 Å². The van der Waals surface area contributed by atoms with Crippen LogP contribution in [0.2, 0.25) is 0 Å². The second-order valence-corrected chi connectivity index (χ2v) is 6.46. The number of nitro groups is 1. The topological polar surface area (TPSA) is 114 Å². The summed E-state index contributed by atoms with van der Waals surface area (Å²) in [5.74, 6) is -0.235. The molecule has 148 valence electrons. The average Bonchev–Trinajstić information content (AvgIpc) is 2.76. The first-order valence-corrected chi connectivity index (χ1v) is 9.06. The minimum atomic E-state index is -0.759. The van der Waals surface area contributed by atoms with Gasteiger partial charge in [0.25, 0.3) is 11.6 Å². The van der Waals surface area contributed by atoms with E-state index in [1.165, 1.54) is 18.2 Å². The predicted octanol–water partition coefficient (Wildman–Crippen LogP) is 4.06. The lowest BCUT2D eigenvalue weighted by Crippen LogP contribution is -2.18. The van der Waals surface area contributed by atoms with Gasteiger partial charge in [0.1, 0.15) is 30.5 Å². The molecule has 0 unspecified atom stereocenters. The Bertz CT molecular complexity index is 1240. The molecule has 3 aromatic carbocycles. The molecule has 0 saturated heterocycles. The molecule has 0 aromatic heterocycles. The summed E-state index contributed by atoms with van der Waals surface area (Å²) in [7, 11) is 0. The molecule has 0 spiro atoms. The fourth-order valence-corrected chi connectivity index (χ4v) is 3.20.